The summed E-state index contributed by atoms with van der Waals surface area (Å²) >= 11 is 5.89. The fourth-order valence-electron chi connectivity index (χ4n) is 1.31. The first kappa shape index (κ1) is 8.32. The molecule has 0 spiro atoms. The van der Waals surface area contributed by atoms with E-state index in [1.807, 2.05) is 12.1 Å². The molecule has 66 valence electrons. The summed E-state index contributed by atoms with van der Waals surface area (Å²) < 4.78 is 5.20. The van der Waals surface area contributed by atoms with Crippen molar-refractivity contribution >= 4 is 22.4 Å². The zero-order valence-electron chi connectivity index (χ0n) is 7.12. The van der Waals surface area contributed by atoms with Gasteiger partial charge >= 0.3 is 0 Å². The highest BCUT2D eigenvalue weighted by atomic mass is 35.5. The van der Waals surface area contributed by atoms with E-state index in [0.29, 0.717) is 5.02 Å². The van der Waals surface area contributed by atoms with Crippen molar-refractivity contribution in [1.82, 2.24) is 4.98 Å². The monoisotopic (exact) mass is 193 g/mol. The predicted molar refractivity (Wildman–Crippen MR) is 53.3 cm³/mol. The molecule has 0 saturated heterocycles. The number of halogens is 1. The molecular formula is C10H8ClNO. The zero-order chi connectivity index (χ0) is 9.26. The second kappa shape index (κ2) is 3.23. The van der Waals surface area contributed by atoms with Crippen LogP contribution in [-0.2, 0) is 0 Å². The molecule has 0 aliphatic heterocycles. The molecule has 3 heteroatoms. The lowest BCUT2D eigenvalue weighted by atomic mass is 10.1. The zero-order valence-corrected chi connectivity index (χ0v) is 7.88. The van der Waals surface area contributed by atoms with Crippen LogP contribution in [0, 0.1) is 0 Å². The SMILES string of the molecule is COc1cc(Cl)cc2cnccc12. The van der Waals surface area contributed by atoms with Crippen LogP contribution in [0.4, 0.5) is 0 Å². The summed E-state index contributed by atoms with van der Waals surface area (Å²) in [5, 5.41) is 2.69. The molecule has 0 radical (unpaired) electrons. The number of hydrogen-bond donors (Lipinski definition) is 0. The van der Waals surface area contributed by atoms with Crippen LogP contribution < -0.4 is 4.74 Å². The minimum Gasteiger partial charge on any atom is -0.496 e. The lowest BCUT2D eigenvalue weighted by Crippen LogP contribution is -1.85. The Kier molecular flexibility index (Phi) is 2.07. The van der Waals surface area contributed by atoms with Crippen molar-refractivity contribution in [3.63, 3.8) is 0 Å². The van der Waals surface area contributed by atoms with Gasteiger partial charge in [-0.25, -0.2) is 0 Å². The van der Waals surface area contributed by atoms with Gasteiger partial charge in [0, 0.05) is 28.2 Å². The summed E-state index contributed by atoms with van der Waals surface area (Å²) in [6.45, 7) is 0. The average molecular weight is 194 g/mol. The average Bonchev–Trinajstić information content (AvgIpc) is 2.16. The molecule has 2 rings (SSSR count). The van der Waals surface area contributed by atoms with Crippen LogP contribution in [-0.4, -0.2) is 12.1 Å². The van der Waals surface area contributed by atoms with Crippen molar-refractivity contribution in [2.45, 2.75) is 0 Å². The number of aromatic nitrogens is 1. The molecule has 2 aromatic rings. The molecule has 0 aliphatic carbocycles. The van der Waals surface area contributed by atoms with Crippen LogP contribution in [0.2, 0.25) is 5.02 Å². The van der Waals surface area contributed by atoms with Crippen LogP contribution >= 0.6 is 11.6 Å². The quantitative estimate of drug-likeness (QED) is 0.695. The minimum atomic E-state index is 0.664. The van der Waals surface area contributed by atoms with Gasteiger partial charge in [0.25, 0.3) is 0 Å². The largest absolute Gasteiger partial charge is 0.496 e. The number of ether oxygens (including phenoxy) is 1. The standard InChI is InChI=1S/C10H8ClNO/c1-13-10-5-8(11)4-7-6-12-3-2-9(7)10/h2-6H,1H3. The normalized spacial score (nSPS) is 10.3. The number of nitrogens with zero attached hydrogens (tertiary/aromatic N) is 1. The summed E-state index contributed by atoms with van der Waals surface area (Å²) in [6.07, 6.45) is 3.50. The van der Waals surface area contributed by atoms with Gasteiger partial charge in [0.15, 0.2) is 0 Å². The number of hydrogen-bond acceptors (Lipinski definition) is 2. The first-order chi connectivity index (χ1) is 6.31. The maximum atomic E-state index is 5.89. The minimum absolute atomic E-state index is 0.664. The molecule has 2 nitrogen and oxygen atoms in total. The third kappa shape index (κ3) is 1.45. The first-order valence-electron chi connectivity index (χ1n) is 3.88. The lowest BCUT2D eigenvalue weighted by molar-refractivity contribution is 0.420. The smallest absolute Gasteiger partial charge is 0.128 e. The second-order valence-corrected chi connectivity index (χ2v) is 3.14. The maximum Gasteiger partial charge on any atom is 0.128 e. The number of benzene rings is 1. The Morgan fingerprint density at radius 1 is 1.38 bits per heavy atom. The van der Waals surface area contributed by atoms with Crippen molar-refractivity contribution in [3.8, 4) is 5.75 Å². The van der Waals surface area contributed by atoms with E-state index >= 15 is 0 Å². The van der Waals surface area contributed by atoms with Crippen molar-refractivity contribution in [2.24, 2.45) is 0 Å². The van der Waals surface area contributed by atoms with E-state index in [4.69, 9.17) is 16.3 Å². The molecule has 0 N–H and O–H groups in total. The number of fused-ring (bicyclic) bond motifs is 1. The molecule has 1 aromatic carbocycles. The van der Waals surface area contributed by atoms with Crippen molar-refractivity contribution in [1.29, 1.82) is 0 Å². The molecule has 0 fully saturated rings. The number of rotatable bonds is 1. The van der Waals surface area contributed by atoms with Crippen molar-refractivity contribution in [3.05, 3.63) is 35.6 Å². The summed E-state index contributed by atoms with van der Waals surface area (Å²) in [5.41, 5.74) is 0. The predicted octanol–water partition coefficient (Wildman–Crippen LogP) is 2.90. The fourth-order valence-corrected chi connectivity index (χ4v) is 1.52. The third-order valence-corrected chi connectivity index (χ3v) is 2.12. The molecule has 13 heavy (non-hydrogen) atoms. The highest BCUT2D eigenvalue weighted by Gasteiger charge is 2.02. The number of pyridine rings is 1. The molecule has 1 heterocycles. The highest BCUT2D eigenvalue weighted by molar-refractivity contribution is 6.31. The summed E-state index contributed by atoms with van der Waals surface area (Å²) in [5.74, 6) is 0.782. The molecule has 0 unspecified atom stereocenters. The van der Waals surface area contributed by atoms with Gasteiger partial charge in [0.1, 0.15) is 5.75 Å². The Balaban J connectivity index is 2.81. The molecule has 0 saturated carbocycles. The second-order valence-electron chi connectivity index (χ2n) is 2.70. The molecule has 0 aliphatic rings. The van der Waals surface area contributed by atoms with Crippen molar-refractivity contribution < 1.29 is 4.74 Å². The molecule has 1 aromatic heterocycles. The Hall–Kier alpha value is -1.28. The van der Waals surface area contributed by atoms with E-state index in [0.717, 1.165) is 16.5 Å². The van der Waals surface area contributed by atoms with Crippen LogP contribution in [0.5, 0.6) is 5.75 Å². The number of methoxy groups -OCH3 is 1. The highest BCUT2D eigenvalue weighted by Crippen LogP contribution is 2.28. The molecule has 0 bridgehead atoms. The van der Waals surface area contributed by atoms with E-state index in [9.17, 15) is 0 Å². The first-order valence-corrected chi connectivity index (χ1v) is 4.26. The Morgan fingerprint density at radius 3 is 3.00 bits per heavy atom. The van der Waals surface area contributed by atoms with Gasteiger partial charge in [0.05, 0.1) is 7.11 Å². The van der Waals surface area contributed by atoms with E-state index in [2.05, 4.69) is 4.98 Å². The van der Waals surface area contributed by atoms with Gasteiger partial charge in [-0.1, -0.05) is 11.6 Å². The summed E-state index contributed by atoms with van der Waals surface area (Å²) in [6, 6.07) is 5.57. The van der Waals surface area contributed by atoms with Gasteiger partial charge in [-0.15, -0.1) is 0 Å². The Labute approximate surface area is 81.1 Å². The van der Waals surface area contributed by atoms with Crippen LogP contribution in [0.25, 0.3) is 10.8 Å². The Morgan fingerprint density at radius 2 is 2.23 bits per heavy atom. The van der Waals surface area contributed by atoms with E-state index in [-0.39, 0.29) is 0 Å². The van der Waals surface area contributed by atoms with Gasteiger partial charge in [-0.2, -0.15) is 0 Å². The van der Waals surface area contributed by atoms with Gasteiger partial charge < -0.3 is 4.74 Å². The van der Waals surface area contributed by atoms with Crippen LogP contribution in [0.15, 0.2) is 30.6 Å². The van der Waals surface area contributed by atoms with Crippen molar-refractivity contribution in [2.75, 3.05) is 7.11 Å². The van der Waals surface area contributed by atoms with E-state index in [1.165, 1.54) is 0 Å². The molecular weight excluding hydrogens is 186 g/mol. The van der Waals surface area contributed by atoms with Crippen LogP contribution in [0.1, 0.15) is 0 Å². The summed E-state index contributed by atoms with van der Waals surface area (Å²) in [4.78, 5) is 4.02. The van der Waals surface area contributed by atoms with Gasteiger partial charge in [0.2, 0.25) is 0 Å². The molecule has 0 atom stereocenters. The maximum absolute atomic E-state index is 5.89. The van der Waals surface area contributed by atoms with E-state index < -0.39 is 0 Å². The van der Waals surface area contributed by atoms with Gasteiger partial charge in [-0.3, -0.25) is 4.98 Å². The van der Waals surface area contributed by atoms with E-state index in [1.54, 1.807) is 25.6 Å². The third-order valence-electron chi connectivity index (χ3n) is 1.90. The topological polar surface area (TPSA) is 22.1 Å². The Bertz CT molecular complexity index is 442. The van der Waals surface area contributed by atoms with Crippen LogP contribution in [0.3, 0.4) is 0 Å². The van der Waals surface area contributed by atoms with Gasteiger partial charge in [-0.05, 0) is 18.2 Å². The summed E-state index contributed by atoms with van der Waals surface area (Å²) in [7, 11) is 1.63. The fraction of sp³-hybridized carbons (Fsp3) is 0.100. The lowest BCUT2D eigenvalue weighted by Gasteiger charge is -2.04. The molecule has 0 amide bonds.